The number of ether oxygens (including phenoxy) is 1. The van der Waals surface area contributed by atoms with Gasteiger partial charge in [0.1, 0.15) is 0 Å². The molecular weight excluding hydrogens is 306 g/mol. The molecule has 0 spiro atoms. The maximum Gasteiger partial charge on any atom is 0.226 e. The molecule has 2 bridgehead atoms. The Labute approximate surface area is 142 Å². The Morgan fingerprint density at radius 2 is 2.00 bits per heavy atom. The van der Waals surface area contributed by atoms with Gasteiger partial charge < -0.3 is 19.5 Å². The highest BCUT2D eigenvalue weighted by atomic mass is 16.5. The summed E-state index contributed by atoms with van der Waals surface area (Å²) in [6, 6.07) is 0. The number of rotatable bonds is 5. The van der Waals surface area contributed by atoms with Gasteiger partial charge in [0.05, 0.1) is 12.2 Å². The van der Waals surface area contributed by atoms with E-state index in [9.17, 15) is 0 Å². The fraction of sp³-hybridized carbons (Fsp3) is 0.824. The highest BCUT2D eigenvalue weighted by molar-refractivity contribution is 5.80. The van der Waals surface area contributed by atoms with Crippen LogP contribution < -0.4 is 5.32 Å². The molecule has 7 heteroatoms. The van der Waals surface area contributed by atoms with E-state index in [1.54, 1.807) is 0 Å². The van der Waals surface area contributed by atoms with Crippen LogP contribution in [0.3, 0.4) is 0 Å². The minimum Gasteiger partial charge on any atom is -0.374 e. The second-order valence-corrected chi connectivity index (χ2v) is 6.97. The van der Waals surface area contributed by atoms with Crippen LogP contribution in [0.1, 0.15) is 38.4 Å². The number of likely N-dealkylation sites (tertiary alicyclic amines) is 1. The molecule has 4 atom stereocenters. The van der Waals surface area contributed by atoms with Crippen molar-refractivity contribution < 1.29 is 9.26 Å². The fourth-order valence-electron chi connectivity index (χ4n) is 4.36. The molecule has 3 fully saturated rings. The largest absolute Gasteiger partial charge is 0.374 e. The van der Waals surface area contributed by atoms with Gasteiger partial charge >= 0.3 is 0 Å². The summed E-state index contributed by atoms with van der Waals surface area (Å²) in [7, 11) is 0. The first-order chi connectivity index (χ1) is 11.8. The number of guanidine groups is 1. The van der Waals surface area contributed by atoms with Gasteiger partial charge in [0, 0.05) is 50.9 Å². The zero-order valence-corrected chi connectivity index (χ0v) is 14.6. The van der Waals surface area contributed by atoms with Crippen LogP contribution >= 0.6 is 0 Å². The summed E-state index contributed by atoms with van der Waals surface area (Å²) in [6.07, 6.45) is 4.95. The summed E-state index contributed by atoms with van der Waals surface area (Å²) in [5.74, 6) is 3.85. The van der Waals surface area contributed by atoms with Crippen LogP contribution in [0.2, 0.25) is 0 Å². The summed E-state index contributed by atoms with van der Waals surface area (Å²) in [5.41, 5.74) is 0. The van der Waals surface area contributed by atoms with Crippen molar-refractivity contribution in [1.29, 1.82) is 0 Å². The van der Waals surface area contributed by atoms with Crippen LogP contribution in [0.15, 0.2) is 9.52 Å². The van der Waals surface area contributed by atoms with Crippen molar-refractivity contribution in [3.63, 3.8) is 0 Å². The molecule has 0 saturated carbocycles. The Morgan fingerprint density at radius 1 is 1.25 bits per heavy atom. The first-order valence-corrected chi connectivity index (χ1v) is 9.28. The van der Waals surface area contributed by atoms with E-state index >= 15 is 0 Å². The summed E-state index contributed by atoms with van der Waals surface area (Å²) >= 11 is 0. The van der Waals surface area contributed by atoms with Crippen LogP contribution in [0.5, 0.6) is 0 Å². The van der Waals surface area contributed by atoms with E-state index in [0.29, 0.717) is 42.9 Å². The summed E-state index contributed by atoms with van der Waals surface area (Å²) in [6.45, 7) is 7.84. The van der Waals surface area contributed by atoms with Crippen molar-refractivity contribution in [2.45, 2.75) is 51.7 Å². The maximum absolute atomic E-state index is 6.07. The third-order valence-corrected chi connectivity index (χ3v) is 5.50. The predicted molar refractivity (Wildman–Crippen MR) is 89.8 cm³/mol. The van der Waals surface area contributed by atoms with E-state index in [4.69, 9.17) is 14.3 Å². The lowest BCUT2D eigenvalue weighted by atomic mass is 9.82. The lowest BCUT2D eigenvalue weighted by Gasteiger charge is -2.23. The van der Waals surface area contributed by atoms with E-state index < -0.39 is 0 Å². The molecule has 4 unspecified atom stereocenters. The summed E-state index contributed by atoms with van der Waals surface area (Å²) < 4.78 is 11.2. The van der Waals surface area contributed by atoms with Crippen LogP contribution in [0.25, 0.3) is 0 Å². The van der Waals surface area contributed by atoms with Crippen molar-refractivity contribution in [3.8, 4) is 0 Å². The van der Waals surface area contributed by atoms with Gasteiger partial charge in [-0.2, -0.15) is 4.98 Å². The van der Waals surface area contributed by atoms with Gasteiger partial charge in [-0.1, -0.05) is 12.1 Å². The molecule has 1 aromatic rings. The molecular formula is C17H27N5O2. The van der Waals surface area contributed by atoms with Crippen molar-refractivity contribution in [2.24, 2.45) is 16.8 Å². The number of hydrogen-bond donors (Lipinski definition) is 1. The first kappa shape index (κ1) is 15.9. The molecule has 0 aromatic carbocycles. The molecule has 0 amide bonds. The zero-order chi connectivity index (χ0) is 16.5. The lowest BCUT2D eigenvalue weighted by molar-refractivity contribution is 0.0767. The minimum atomic E-state index is 0.486. The van der Waals surface area contributed by atoms with Crippen LogP contribution in [0, 0.1) is 11.8 Å². The number of aromatic nitrogens is 2. The van der Waals surface area contributed by atoms with Gasteiger partial charge in [0.25, 0.3) is 0 Å². The van der Waals surface area contributed by atoms with E-state index in [2.05, 4.69) is 27.3 Å². The molecule has 1 aromatic heterocycles. The van der Waals surface area contributed by atoms with E-state index in [1.165, 1.54) is 12.8 Å². The maximum atomic E-state index is 6.07. The molecule has 0 aliphatic carbocycles. The van der Waals surface area contributed by atoms with Gasteiger partial charge in [-0.25, -0.2) is 0 Å². The van der Waals surface area contributed by atoms with Gasteiger partial charge in [0.15, 0.2) is 11.8 Å². The first-order valence-electron chi connectivity index (χ1n) is 9.28. The standard InChI is InChI=1S/C17H27N5O2/c1-3-16-20-15(21-24-16)7-8-19-17(18-4-2)22-9-11-12(10-22)14-6-5-13(11)23-14/h11-14H,3-10H2,1-2H3,(H,18,19). The molecule has 24 heavy (non-hydrogen) atoms. The Morgan fingerprint density at radius 3 is 2.62 bits per heavy atom. The van der Waals surface area contributed by atoms with Crippen molar-refractivity contribution >= 4 is 5.96 Å². The molecule has 4 rings (SSSR count). The average molecular weight is 333 g/mol. The lowest BCUT2D eigenvalue weighted by Crippen LogP contribution is -2.41. The van der Waals surface area contributed by atoms with Crippen LogP contribution in [0.4, 0.5) is 0 Å². The molecule has 4 heterocycles. The minimum absolute atomic E-state index is 0.486. The SMILES string of the molecule is CCNC(=NCCc1noc(CC)n1)N1CC2C3CCC(O3)C2C1. The molecule has 7 nitrogen and oxygen atoms in total. The third kappa shape index (κ3) is 2.90. The number of hydrogen-bond acceptors (Lipinski definition) is 5. The zero-order valence-electron chi connectivity index (χ0n) is 14.6. The van der Waals surface area contributed by atoms with Gasteiger partial charge in [-0.3, -0.25) is 4.99 Å². The quantitative estimate of drug-likeness (QED) is 0.646. The second-order valence-electron chi connectivity index (χ2n) is 6.97. The smallest absolute Gasteiger partial charge is 0.226 e. The number of nitrogens with zero attached hydrogens (tertiary/aromatic N) is 4. The predicted octanol–water partition coefficient (Wildman–Crippen LogP) is 1.25. The average Bonchev–Trinajstić information content (AvgIpc) is 3.34. The van der Waals surface area contributed by atoms with E-state index in [1.807, 2.05) is 6.92 Å². The Bertz CT molecular complexity index is 584. The fourth-order valence-corrected chi connectivity index (χ4v) is 4.36. The van der Waals surface area contributed by atoms with Gasteiger partial charge in [0.2, 0.25) is 5.89 Å². The second kappa shape index (κ2) is 6.70. The molecule has 3 aliphatic rings. The number of aliphatic imine (C=N–C) groups is 1. The molecule has 3 saturated heterocycles. The third-order valence-electron chi connectivity index (χ3n) is 5.50. The highest BCUT2D eigenvalue weighted by Gasteiger charge is 2.53. The molecule has 3 aliphatic heterocycles. The Hall–Kier alpha value is -1.63. The van der Waals surface area contributed by atoms with Crippen molar-refractivity contribution in [1.82, 2.24) is 20.4 Å². The van der Waals surface area contributed by atoms with Crippen LogP contribution in [-0.2, 0) is 17.6 Å². The normalized spacial score (nSPS) is 31.8. The van der Waals surface area contributed by atoms with E-state index in [-0.39, 0.29) is 0 Å². The summed E-state index contributed by atoms with van der Waals surface area (Å²) in [5, 5.41) is 7.43. The topological polar surface area (TPSA) is 75.8 Å². The number of aryl methyl sites for hydroxylation is 1. The van der Waals surface area contributed by atoms with Gasteiger partial charge in [-0.05, 0) is 19.8 Å². The van der Waals surface area contributed by atoms with E-state index in [0.717, 1.165) is 37.8 Å². The van der Waals surface area contributed by atoms with Crippen molar-refractivity contribution in [2.75, 3.05) is 26.2 Å². The monoisotopic (exact) mass is 333 g/mol. The number of fused-ring (bicyclic) bond motifs is 5. The Kier molecular flexibility index (Phi) is 4.43. The van der Waals surface area contributed by atoms with Crippen LogP contribution in [-0.4, -0.2) is 59.4 Å². The Balaban J connectivity index is 1.37. The number of nitrogens with one attached hydrogen (secondary N) is 1. The molecule has 0 radical (unpaired) electrons. The summed E-state index contributed by atoms with van der Waals surface area (Å²) in [4.78, 5) is 11.6. The van der Waals surface area contributed by atoms with Gasteiger partial charge in [-0.15, -0.1) is 0 Å². The van der Waals surface area contributed by atoms with Crippen molar-refractivity contribution in [3.05, 3.63) is 11.7 Å². The highest BCUT2D eigenvalue weighted by Crippen LogP contribution is 2.47. The molecule has 1 N–H and O–H groups in total. The molecule has 132 valence electrons.